The van der Waals surface area contributed by atoms with Gasteiger partial charge in [0.05, 0.1) is 5.02 Å². The molecule has 0 aromatic heterocycles. The Hall–Kier alpha value is -1.04. The van der Waals surface area contributed by atoms with Gasteiger partial charge in [0.2, 0.25) is 10.0 Å². The first-order valence-corrected chi connectivity index (χ1v) is 7.46. The summed E-state index contributed by atoms with van der Waals surface area (Å²) in [6, 6.07) is 4.54. The van der Waals surface area contributed by atoms with Crippen LogP contribution in [0.15, 0.2) is 35.7 Å². The van der Waals surface area contributed by atoms with Crippen LogP contribution in [0.3, 0.4) is 0 Å². The van der Waals surface area contributed by atoms with Crippen LogP contribution in [0.5, 0.6) is 0 Å². The van der Waals surface area contributed by atoms with Crippen molar-refractivity contribution in [2.45, 2.75) is 23.8 Å². The number of nitrogen functional groups attached to an aromatic ring is 1. The Labute approximate surface area is 112 Å². The van der Waals surface area contributed by atoms with Crippen molar-refractivity contribution in [1.82, 2.24) is 4.31 Å². The normalized spacial score (nSPS) is 15.9. The van der Waals surface area contributed by atoms with Gasteiger partial charge in [-0.15, -0.1) is 6.58 Å². The van der Waals surface area contributed by atoms with Gasteiger partial charge in [0, 0.05) is 18.3 Å². The number of nitrogens with two attached hydrogens (primary N) is 1. The Morgan fingerprint density at radius 1 is 1.50 bits per heavy atom. The number of rotatable bonds is 5. The molecule has 0 atom stereocenters. The lowest BCUT2D eigenvalue weighted by Crippen LogP contribution is -2.33. The van der Waals surface area contributed by atoms with Crippen LogP contribution in [-0.2, 0) is 10.0 Å². The molecule has 1 saturated carbocycles. The van der Waals surface area contributed by atoms with Gasteiger partial charge in [-0.05, 0) is 31.0 Å². The SMILES string of the molecule is C=CCN(C1CC1)S(=O)(=O)c1cc(N)ccc1Cl. The van der Waals surface area contributed by atoms with Crippen LogP contribution in [0, 0.1) is 0 Å². The van der Waals surface area contributed by atoms with Crippen molar-refractivity contribution in [1.29, 1.82) is 0 Å². The van der Waals surface area contributed by atoms with E-state index in [1.165, 1.54) is 16.4 Å². The topological polar surface area (TPSA) is 63.4 Å². The molecule has 0 radical (unpaired) electrons. The van der Waals surface area contributed by atoms with E-state index in [0.29, 0.717) is 5.69 Å². The maximum Gasteiger partial charge on any atom is 0.245 e. The van der Waals surface area contributed by atoms with Crippen molar-refractivity contribution in [3.63, 3.8) is 0 Å². The van der Waals surface area contributed by atoms with Gasteiger partial charge in [0.1, 0.15) is 4.90 Å². The third kappa shape index (κ3) is 2.53. The highest BCUT2D eigenvalue weighted by Gasteiger charge is 2.38. The molecule has 0 unspecified atom stereocenters. The molecule has 1 aliphatic rings. The Morgan fingerprint density at radius 2 is 2.17 bits per heavy atom. The second-order valence-corrected chi connectivity index (χ2v) is 6.55. The molecule has 0 aliphatic heterocycles. The highest BCUT2D eigenvalue weighted by molar-refractivity contribution is 7.89. The standard InChI is InChI=1S/C12H15ClN2O2S/c1-2-7-15(10-4-5-10)18(16,17)12-8-9(14)3-6-11(12)13/h2-3,6,8,10H,1,4-5,7,14H2. The predicted molar refractivity (Wildman–Crippen MR) is 73.0 cm³/mol. The third-order valence-corrected chi connectivity index (χ3v) is 5.20. The summed E-state index contributed by atoms with van der Waals surface area (Å²) in [5.74, 6) is 0. The molecular formula is C12H15ClN2O2S. The Bertz CT molecular complexity index is 567. The summed E-state index contributed by atoms with van der Waals surface area (Å²) in [5, 5.41) is 0.193. The lowest BCUT2D eigenvalue weighted by Gasteiger charge is -2.21. The molecule has 0 amide bonds. The van der Waals surface area contributed by atoms with E-state index in [1.807, 2.05) is 0 Å². The fraction of sp³-hybridized carbons (Fsp3) is 0.333. The van der Waals surface area contributed by atoms with E-state index in [4.69, 9.17) is 17.3 Å². The minimum atomic E-state index is -3.60. The van der Waals surface area contributed by atoms with Gasteiger partial charge in [-0.25, -0.2) is 8.42 Å². The van der Waals surface area contributed by atoms with Crippen LogP contribution < -0.4 is 5.73 Å². The summed E-state index contributed by atoms with van der Waals surface area (Å²) in [4.78, 5) is 0.0675. The number of halogens is 1. The summed E-state index contributed by atoms with van der Waals surface area (Å²) in [7, 11) is -3.60. The molecule has 98 valence electrons. The molecule has 0 spiro atoms. The zero-order valence-corrected chi connectivity index (χ0v) is 11.4. The van der Waals surface area contributed by atoms with Crippen molar-refractivity contribution in [2.24, 2.45) is 0 Å². The van der Waals surface area contributed by atoms with Gasteiger partial charge in [-0.2, -0.15) is 4.31 Å². The van der Waals surface area contributed by atoms with Crippen LogP contribution in [0.1, 0.15) is 12.8 Å². The highest BCUT2D eigenvalue weighted by atomic mass is 35.5. The molecule has 1 fully saturated rings. The van der Waals surface area contributed by atoms with Crippen LogP contribution in [0.4, 0.5) is 5.69 Å². The molecule has 0 saturated heterocycles. The molecule has 0 bridgehead atoms. The number of anilines is 1. The molecule has 4 nitrogen and oxygen atoms in total. The van der Waals surface area contributed by atoms with E-state index in [0.717, 1.165) is 12.8 Å². The van der Waals surface area contributed by atoms with Crippen LogP contribution >= 0.6 is 11.6 Å². The number of nitrogens with zero attached hydrogens (tertiary/aromatic N) is 1. The van der Waals surface area contributed by atoms with E-state index < -0.39 is 10.0 Å². The molecule has 1 aromatic rings. The molecule has 18 heavy (non-hydrogen) atoms. The molecule has 0 heterocycles. The molecule has 2 N–H and O–H groups in total. The van der Waals surface area contributed by atoms with Crippen molar-refractivity contribution < 1.29 is 8.42 Å². The van der Waals surface area contributed by atoms with E-state index in [9.17, 15) is 8.42 Å². The smallest absolute Gasteiger partial charge is 0.245 e. The maximum atomic E-state index is 12.5. The minimum absolute atomic E-state index is 0.0606. The summed E-state index contributed by atoms with van der Waals surface area (Å²) in [5.41, 5.74) is 6.01. The molecular weight excluding hydrogens is 272 g/mol. The first kappa shape index (κ1) is 13.4. The fourth-order valence-corrected chi connectivity index (χ4v) is 3.94. The van der Waals surface area contributed by atoms with Crippen LogP contribution in [0.2, 0.25) is 5.02 Å². The van der Waals surface area contributed by atoms with Gasteiger partial charge in [-0.1, -0.05) is 17.7 Å². The van der Waals surface area contributed by atoms with Gasteiger partial charge in [-0.3, -0.25) is 0 Å². The first-order valence-electron chi connectivity index (χ1n) is 5.64. The largest absolute Gasteiger partial charge is 0.399 e. The van der Waals surface area contributed by atoms with E-state index in [1.54, 1.807) is 12.1 Å². The van der Waals surface area contributed by atoms with Crippen molar-refractivity contribution in [2.75, 3.05) is 12.3 Å². The quantitative estimate of drug-likeness (QED) is 0.667. The average molecular weight is 287 g/mol. The van der Waals surface area contributed by atoms with Gasteiger partial charge < -0.3 is 5.73 Å². The van der Waals surface area contributed by atoms with Crippen molar-refractivity contribution in [3.05, 3.63) is 35.9 Å². The zero-order chi connectivity index (χ0) is 13.3. The fourth-order valence-electron chi connectivity index (χ4n) is 1.78. The maximum absolute atomic E-state index is 12.5. The van der Waals surface area contributed by atoms with Gasteiger partial charge in [0.25, 0.3) is 0 Å². The van der Waals surface area contributed by atoms with Crippen LogP contribution in [-0.4, -0.2) is 25.3 Å². The Kier molecular flexibility index (Phi) is 3.66. The van der Waals surface area contributed by atoms with Crippen molar-refractivity contribution in [3.8, 4) is 0 Å². The zero-order valence-electron chi connectivity index (χ0n) is 9.84. The van der Waals surface area contributed by atoms with E-state index in [-0.39, 0.29) is 22.5 Å². The summed E-state index contributed by atoms with van der Waals surface area (Å²) < 4.78 is 26.5. The van der Waals surface area contributed by atoms with Gasteiger partial charge >= 0.3 is 0 Å². The summed E-state index contributed by atoms with van der Waals surface area (Å²) >= 11 is 5.96. The molecule has 1 aromatic carbocycles. The Morgan fingerprint density at radius 3 is 2.72 bits per heavy atom. The van der Waals surface area contributed by atoms with E-state index >= 15 is 0 Å². The summed E-state index contributed by atoms with van der Waals surface area (Å²) in [6.45, 7) is 3.88. The average Bonchev–Trinajstić information content (AvgIpc) is 3.13. The predicted octanol–water partition coefficient (Wildman–Crippen LogP) is 2.26. The first-order chi connectivity index (χ1) is 8.46. The Balaban J connectivity index is 2.45. The second kappa shape index (κ2) is 4.91. The molecule has 2 rings (SSSR count). The van der Waals surface area contributed by atoms with Crippen molar-refractivity contribution >= 4 is 27.3 Å². The highest BCUT2D eigenvalue weighted by Crippen LogP contribution is 2.34. The lowest BCUT2D eigenvalue weighted by atomic mass is 10.3. The monoisotopic (exact) mass is 286 g/mol. The van der Waals surface area contributed by atoms with Gasteiger partial charge in [0.15, 0.2) is 0 Å². The van der Waals surface area contributed by atoms with E-state index in [2.05, 4.69) is 6.58 Å². The number of hydrogen-bond acceptors (Lipinski definition) is 3. The third-order valence-electron chi connectivity index (χ3n) is 2.81. The number of hydrogen-bond donors (Lipinski definition) is 1. The number of benzene rings is 1. The summed E-state index contributed by atoms with van der Waals surface area (Å²) in [6.07, 6.45) is 3.34. The molecule has 1 aliphatic carbocycles. The number of sulfonamides is 1. The molecule has 6 heteroatoms. The second-order valence-electron chi connectivity index (χ2n) is 4.28. The minimum Gasteiger partial charge on any atom is -0.399 e. The lowest BCUT2D eigenvalue weighted by molar-refractivity contribution is 0.436. The van der Waals surface area contributed by atoms with Crippen LogP contribution in [0.25, 0.3) is 0 Å².